The summed E-state index contributed by atoms with van der Waals surface area (Å²) in [6.45, 7) is 6.94. The lowest BCUT2D eigenvalue weighted by molar-refractivity contribution is -0.114. The lowest BCUT2D eigenvalue weighted by Crippen LogP contribution is -2.24. The fourth-order valence-electron chi connectivity index (χ4n) is 2.65. The molecule has 2 amide bonds. The number of rotatable bonds is 8. The Morgan fingerprint density at radius 1 is 0.923 bits per heavy atom. The number of hydrogen-bond acceptors (Lipinski definition) is 3. The van der Waals surface area contributed by atoms with Crippen molar-refractivity contribution < 1.29 is 9.59 Å². The van der Waals surface area contributed by atoms with Crippen LogP contribution in [0.3, 0.4) is 0 Å². The predicted octanol–water partition coefficient (Wildman–Crippen LogP) is 3.88. The minimum Gasteiger partial charge on any atom is -0.376 e. The SMILES string of the molecule is CCCCNC(=O)c1ccc(NCC(=O)Nc2cc(C)cc(C)c2)cc1. The third-order valence-electron chi connectivity index (χ3n) is 3.92. The van der Waals surface area contributed by atoms with Gasteiger partial charge in [0.05, 0.1) is 6.54 Å². The number of benzene rings is 2. The number of carbonyl (C=O) groups is 2. The molecule has 5 nitrogen and oxygen atoms in total. The van der Waals surface area contributed by atoms with Gasteiger partial charge in [0.2, 0.25) is 5.91 Å². The molecule has 0 aromatic heterocycles. The van der Waals surface area contributed by atoms with Crippen LogP contribution in [0.2, 0.25) is 0 Å². The Balaban J connectivity index is 1.83. The fraction of sp³-hybridized carbons (Fsp3) is 0.333. The molecule has 0 spiro atoms. The Bertz CT molecular complexity index is 734. The monoisotopic (exact) mass is 353 g/mol. The molecule has 0 aliphatic carbocycles. The molecule has 0 bridgehead atoms. The Kier molecular flexibility index (Phi) is 7.21. The van der Waals surface area contributed by atoms with E-state index in [1.54, 1.807) is 24.3 Å². The zero-order valence-electron chi connectivity index (χ0n) is 15.7. The smallest absolute Gasteiger partial charge is 0.251 e. The average molecular weight is 353 g/mol. The van der Waals surface area contributed by atoms with Crippen molar-refractivity contribution in [2.45, 2.75) is 33.6 Å². The maximum Gasteiger partial charge on any atom is 0.251 e. The van der Waals surface area contributed by atoms with Gasteiger partial charge >= 0.3 is 0 Å². The highest BCUT2D eigenvalue weighted by Gasteiger charge is 2.06. The van der Waals surface area contributed by atoms with Crippen LogP contribution in [0, 0.1) is 13.8 Å². The molecule has 2 aromatic carbocycles. The van der Waals surface area contributed by atoms with Crippen molar-refractivity contribution >= 4 is 23.2 Å². The van der Waals surface area contributed by atoms with Crippen LogP contribution in [0.5, 0.6) is 0 Å². The van der Waals surface area contributed by atoms with E-state index in [-0.39, 0.29) is 18.4 Å². The van der Waals surface area contributed by atoms with E-state index in [1.807, 2.05) is 26.0 Å². The molecule has 0 aliphatic rings. The summed E-state index contributed by atoms with van der Waals surface area (Å²) in [4.78, 5) is 24.1. The number of anilines is 2. The first-order chi connectivity index (χ1) is 12.5. The Morgan fingerprint density at radius 2 is 1.58 bits per heavy atom. The van der Waals surface area contributed by atoms with Crippen molar-refractivity contribution in [3.63, 3.8) is 0 Å². The Hall–Kier alpha value is -2.82. The highest BCUT2D eigenvalue weighted by molar-refractivity contribution is 5.95. The normalized spacial score (nSPS) is 10.3. The van der Waals surface area contributed by atoms with Gasteiger partial charge in [-0.05, 0) is 67.8 Å². The number of carbonyl (C=O) groups excluding carboxylic acids is 2. The summed E-state index contributed by atoms with van der Waals surface area (Å²) >= 11 is 0. The third-order valence-corrected chi connectivity index (χ3v) is 3.92. The van der Waals surface area contributed by atoms with E-state index in [0.29, 0.717) is 12.1 Å². The van der Waals surface area contributed by atoms with Gasteiger partial charge in [-0.15, -0.1) is 0 Å². The second-order valence-corrected chi connectivity index (χ2v) is 6.46. The van der Waals surface area contributed by atoms with Gasteiger partial charge in [-0.2, -0.15) is 0 Å². The number of amides is 2. The zero-order valence-corrected chi connectivity index (χ0v) is 15.7. The van der Waals surface area contributed by atoms with Crippen LogP contribution in [0.4, 0.5) is 11.4 Å². The molecule has 3 N–H and O–H groups in total. The quantitative estimate of drug-likeness (QED) is 0.631. The number of nitrogens with one attached hydrogen (secondary N) is 3. The van der Waals surface area contributed by atoms with Gasteiger partial charge in [0.15, 0.2) is 0 Å². The van der Waals surface area contributed by atoms with Crippen LogP contribution in [0.25, 0.3) is 0 Å². The van der Waals surface area contributed by atoms with Gasteiger partial charge in [-0.3, -0.25) is 9.59 Å². The fourth-order valence-corrected chi connectivity index (χ4v) is 2.65. The van der Waals surface area contributed by atoms with Crippen LogP contribution >= 0.6 is 0 Å². The molecule has 0 atom stereocenters. The summed E-state index contributed by atoms with van der Waals surface area (Å²) in [5.41, 5.74) is 4.44. The summed E-state index contributed by atoms with van der Waals surface area (Å²) in [6.07, 6.45) is 2.02. The minimum atomic E-state index is -0.114. The molecule has 0 aliphatic heterocycles. The highest BCUT2D eigenvalue weighted by Crippen LogP contribution is 2.14. The van der Waals surface area contributed by atoms with Crippen LogP contribution in [-0.2, 0) is 4.79 Å². The summed E-state index contributed by atoms with van der Waals surface area (Å²) in [7, 11) is 0. The van der Waals surface area contributed by atoms with Crippen LogP contribution in [-0.4, -0.2) is 24.9 Å². The highest BCUT2D eigenvalue weighted by atomic mass is 16.2. The van der Waals surface area contributed by atoms with Crippen molar-refractivity contribution in [1.82, 2.24) is 5.32 Å². The predicted molar refractivity (Wildman–Crippen MR) is 107 cm³/mol. The molecule has 2 aromatic rings. The van der Waals surface area contributed by atoms with Gasteiger partial charge < -0.3 is 16.0 Å². The molecule has 0 heterocycles. The van der Waals surface area contributed by atoms with Crippen molar-refractivity contribution in [3.8, 4) is 0 Å². The first-order valence-corrected chi connectivity index (χ1v) is 8.98. The molecule has 5 heteroatoms. The van der Waals surface area contributed by atoms with Crippen LogP contribution < -0.4 is 16.0 Å². The summed E-state index contributed by atoms with van der Waals surface area (Å²) in [6, 6.07) is 13.1. The standard InChI is InChI=1S/C21H27N3O2/c1-4-5-10-22-21(26)17-6-8-18(9-7-17)23-14-20(25)24-19-12-15(2)11-16(3)13-19/h6-9,11-13,23H,4-5,10,14H2,1-3H3,(H,22,26)(H,24,25). The largest absolute Gasteiger partial charge is 0.376 e. The number of aryl methyl sites for hydroxylation is 2. The molecule has 0 saturated carbocycles. The second kappa shape index (κ2) is 9.61. The molecule has 138 valence electrons. The van der Waals surface area contributed by atoms with E-state index in [9.17, 15) is 9.59 Å². The zero-order chi connectivity index (χ0) is 18.9. The van der Waals surface area contributed by atoms with Gasteiger partial charge in [0.25, 0.3) is 5.91 Å². The first-order valence-electron chi connectivity index (χ1n) is 8.98. The molecular weight excluding hydrogens is 326 g/mol. The first kappa shape index (κ1) is 19.5. The Morgan fingerprint density at radius 3 is 2.19 bits per heavy atom. The molecule has 2 rings (SSSR count). The topological polar surface area (TPSA) is 70.2 Å². The molecule has 0 fully saturated rings. The van der Waals surface area contributed by atoms with Crippen LogP contribution in [0.1, 0.15) is 41.3 Å². The van der Waals surface area contributed by atoms with Gasteiger partial charge in [0.1, 0.15) is 0 Å². The van der Waals surface area contributed by atoms with E-state index in [1.165, 1.54) is 0 Å². The van der Waals surface area contributed by atoms with E-state index in [2.05, 4.69) is 28.9 Å². The van der Waals surface area contributed by atoms with Gasteiger partial charge in [0, 0.05) is 23.5 Å². The summed E-state index contributed by atoms with van der Waals surface area (Å²) in [5, 5.41) is 8.84. The van der Waals surface area contributed by atoms with Gasteiger partial charge in [-0.1, -0.05) is 19.4 Å². The molecule has 26 heavy (non-hydrogen) atoms. The summed E-state index contributed by atoms with van der Waals surface area (Å²) < 4.78 is 0. The third kappa shape index (κ3) is 6.24. The van der Waals surface area contributed by atoms with E-state index < -0.39 is 0 Å². The van der Waals surface area contributed by atoms with Crippen molar-refractivity contribution in [2.75, 3.05) is 23.7 Å². The summed E-state index contributed by atoms with van der Waals surface area (Å²) in [5.74, 6) is -0.186. The lowest BCUT2D eigenvalue weighted by Gasteiger charge is -2.10. The molecule has 0 saturated heterocycles. The Labute approximate surface area is 155 Å². The van der Waals surface area contributed by atoms with Crippen LogP contribution in [0.15, 0.2) is 42.5 Å². The number of hydrogen-bond donors (Lipinski definition) is 3. The van der Waals surface area contributed by atoms with E-state index in [0.717, 1.165) is 35.3 Å². The van der Waals surface area contributed by atoms with E-state index >= 15 is 0 Å². The van der Waals surface area contributed by atoms with Gasteiger partial charge in [-0.25, -0.2) is 0 Å². The molecule has 0 radical (unpaired) electrons. The van der Waals surface area contributed by atoms with Crippen molar-refractivity contribution in [2.24, 2.45) is 0 Å². The number of unbranched alkanes of at least 4 members (excludes halogenated alkanes) is 1. The maximum absolute atomic E-state index is 12.1. The minimum absolute atomic E-state index is 0.0717. The lowest BCUT2D eigenvalue weighted by atomic mass is 10.1. The second-order valence-electron chi connectivity index (χ2n) is 6.46. The molecular formula is C21H27N3O2. The molecule has 0 unspecified atom stereocenters. The van der Waals surface area contributed by atoms with Crippen molar-refractivity contribution in [1.29, 1.82) is 0 Å². The van der Waals surface area contributed by atoms with Crippen molar-refractivity contribution in [3.05, 3.63) is 59.2 Å². The average Bonchev–Trinajstić information content (AvgIpc) is 2.59. The maximum atomic E-state index is 12.1. The van der Waals surface area contributed by atoms with E-state index in [4.69, 9.17) is 0 Å².